The monoisotopic (exact) mass is 224 g/mol. The fourth-order valence-electron chi connectivity index (χ4n) is 0. The van der Waals surface area contributed by atoms with Gasteiger partial charge in [0.15, 0.2) is 16.1 Å². The molecule has 0 amide bonds. The van der Waals surface area contributed by atoms with E-state index in [1.807, 2.05) is 0 Å². The van der Waals surface area contributed by atoms with Crippen LogP contribution in [0.15, 0.2) is 0 Å². The molecule has 0 aliphatic rings. The first kappa shape index (κ1) is 16.5. The van der Waals surface area contributed by atoms with Crippen LogP contribution in [0.1, 0.15) is 0 Å². The Bertz CT molecular complexity index is 74.6. The maximum atomic E-state index is 9.19. The fraction of sp³-hybridized carbons (Fsp3) is 1.00. The molecule has 0 aromatic carbocycles. The Morgan fingerprint density at radius 2 is 1.00 bits per heavy atom. The summed E-state index contributed by atoms with van der Waals surface area (Å²) in [4.78, 5) is 15.2. The topological polar surface area (TPSA) is 74.6 Å². The van der Waals surface area contributed by atoms with Crippen LogP contribution in [0.5, 0.6) is 0 Å². The first-order valence-corrected chi connectivity index (χ1v) is 5.57. The van der Waals surface area contributed by atoms with Crippen molar-refractivity contribution in [1.29, 1.82) is 0 Å². The third-order valence-corrected chi connectivity index (χ3v) is 0. The first-order chi connectivity index (χ1) is 3.46. The van der Waals surface area contributed by atoms with Crippen molar-refractivity contribution in [2.45, 2.75) is 0 Å². The van der Waals surface area contributed by atoms with Gasteiger partial charge in [0.05, 0.1) is 0 Å². The molecule has 0 saturated heterocycles. The summed E-state index contributed by atoms with van der Waals surface area (Å²) >= 11 is 0. The summed E-state index contributed by atoms with van der Waals surface area (Å²) in [7, 11) is -4.26. The van der Waals surface area contributed by atoms with Gasteiger partial charge in [-0.05, 0) is 0 Å². The van der Waals surface area contributed by atoms with E-state index < -0.39 is 16.1 Å². The Kier molecular flexibility index (Phi) is 21.6. The maximum absolute atomic E-state index is 9.19. The van der Waals surface area contributed by atoms with E-state index in [-0.39, 0.29) is 19.5 Å². The molecule has 0 aliphatic heterocycles. The first-order valence-electron chi connectivity index (χ1n) is 1.86. The molecule has 0 fully saturated rings. The van der Waals surface area contributed by atoms with Gasteiger partial charge in [0.2, 0.25) is 0 Å². The quantitative estimate of drug-likeness (QED) is 0.455. The summed E-state index contributed by atoms with van der Waals surface area (Å²) in [6, 6.07) is 0. The minimum Gasteiger partial charge on any atom is -0.346 e. The van der Waals surface area contributed by atoms with Crippen LogP contribution in [0.3, 0.4) is 0 Å². The molecule has 0 aromatic heterocycles. The molecule has 4 nitrogen and oxygen atoms in total. The summed E-state index contributed by atoms with van der Waals surface area (Å²) in [5.74, 6) is 0. The molecule has 2 unspecified atom stereocenters. The van der Waals surface area contributed by atoms with Crippen LogP contribution in [-0.4, -0.2) is 23.1 Å². The van der Waals surface area contributed by atoms with Crippen LogP contribution in [0.2, 0.25) is 0 Å². The van der Waals surface area contributed by atoms with Crippen molar-refractivity contribution in [1.82, 2.24) is 0 Å². The molecule has 2 atom stereocenters. The van der Waals surface area contributed by atoms with Crippen LogP contribution < -0.4 is 0 Å². The van der Waals surface area contributed by atoms with Crippen LogP contribution in [0, 0.1) is 0 Å². The van der Waals surface area contributed by atoms with Crippen LogP contribution in [0.4, 0.5) is 0 Å². The maximum Gasteiger partial charge on any atom is 0.186 e. The molecular formula is C2H10O4P2Zn. The normalized spacial score (nSPS) is 13.8. The Balaban J connectivity index is -0.0000000720. The second-order valence-corrected chi connectivity index (χ2v) is 3.11. The van der Waals surface area contributed by atoms with E-state index in [4.69, 9.17) is 9.79 Å². The second-order valence-electron chi connectivity index (χ2n) is 1.04. The van der Waals surface area contributed by atoms with Crippen molar-refractivity contribution < 1.29 is 38.4 Å². The second kappa shape index (κ2) is 11.8. The van der Waals surface area contributed by atoms with Crippen LogP contribution in [0.25, 0.3) is 0 Å². The zero-order valence-corrected chi connectivity index (χ0v) is 10.4. The van der Waals surface area contributed by atoms with E-state index in [2.05, 4.69) is 0 Å². The SMILES string of the molecule is C[PH](=O)O.C[PH](=O)O.[Zn]. The van der Waals surface area contributed by atoms with Gasteiger partial charge in [0.25, 0.3) is 0 Å². The molecule has 0 rings (SSSR count). The summed E-state index contributed by atoms with van der Waals surface area (Å²) in [6.45, 7) is 2.54. The van der Waals surface area contributed by atoms with Gasteiger partial charge in [-0.3, -0.25) is 9.13 Å². The Hall–Kier alpha value is 1.00. The van der Waals surface area contributed by atoms with Crippen molar-refractivity contribution in [2.24, 2.45) is 0 Å². The minimum atomic E-state index is -2.13. The van der Waals surface area contributed by atoms with Crippen molar-refractivity contribution in [2.75, 3.05) is 13.3 Å². The molecule has 0 bridgehead atoms. The van der Waals surface area contributed by atoms with Crippen molar-refractivity contribution >= 4 is 16.1 Å². The minimum absolute atomic E-state index is 0. The molecule has 0 saturated carbocycles. The molecule has 7 heteroatoms. The number of hydrogen-bond donors (Lipinski definition) is 2. The predicted molar refractivity (Wildman–Crippen MR) is 34.3 cm³/mol. The van der Waals surface area contributed by atoms with Gasteiger partial charge in [-0.15, -0.1) is 0 Å². The van der Waals surface area contributed by atoms with E-state index in [1.54, 1.807) is 0 Å². The molecule has 9 heavy (non-hydrogen) atoms. The predicted octanol–water partition coefficient (Wildman–Crippen LogP) is 0.164. The van der Waals surface area contributed by atoms with Crippen molar-refractivity contribution in [3.05, 3.63) is 0 Å². The van der Waals surface area contributed by atoms with Gasteiger partial charge in [-0.25, -0.2) is 0 Å². The van der Waals surface area contributed by atoms with Gasteiger partial charge in [0, 0.05) is 32.8 Å². The van der Waals surface area contributed by atoms with Crippen molar-refractivity contribution in [3.8, 4) is 0 Å². The Morgan fingerprint density at radius 1 is 1.00 bits per heavy atom. The van der Waals surface area contributed by atoms with Crippen LogP contribution in [-0.2, 0) is 28.6 Å². The molecule has 0 aromatic rings. The zero-order valence-electron chi connectivity index (χ0n) is 5.42. The smallest absolute Gasteiger partial charge is 0.186 e. The molecule has 0 spiro atoms. The molecule has 0 heterocycles. The van der Waals surface area contributed by atoms with Gasteiger partial charge in [-0.2, -0.15) is 0 Å². The third kappa shape index (κ3) is 439. The van der Waals surface area contributed by atoms with E-state index in [9.17, 15) is 9.13 Å². The molecule has 2 N–H and O–H groups in total. The van der Waals surface area contributed by atoms with E-state index >= 15 is 0 Å². The standard InChI is InChI=1S/2CH5O2P.Zn/c2*1-4(2)3;/h2*4H,1H3,(H,2,3);. The molecule has 0 radical (unpaired) electrons. The summed E-state index contributed by atoms with van der Waals surface area (Å²) in [5.41, 5.74) is 0. The largest absolute Gasteiger partial charge is 0.346 e. The summed E-state index contributed by atoms with van der Waals surface area (Å²) < 4.78 is 18.4. The Morgan fingerprint density at radius 3 is 1.00 bits per heavy atom. The number of rotatable bonds is 0. The van der Waals surface area contributed by atoms with Gasteiger partial charge in [0.1, 0.15) is 0 Å². The average Bonchev–Trinajstić information content (AvgIpc) is 1.25. The zero-order chi connectivity index (χ0) is 7.15. The van der Waals surface area contributed by atoms with E-state index in [1.165, 1.54) is 13.3 Å². The van der Waals surface area contributed by atoms with Crippen LogP contribution >= 0.6 is 16.1 Å². The van der Waals surface area contributed by atoms with Gasteiger partial charge in [-0.1, -0.05) is 0 Å². The summed E-state index contributed by atoms with van der Waals surface area (Å²) in [6.07, 6.45) is 0. The molecule has 0 aliphatic carbocycles. The van der Waals surface area contributed by atoms with Gasteiger partial charge < -0.3 is 9.79 Å². The van der Waals surface area contributed by atoms with Crippen molar-refractivity contribution in [3.63, 3.8) is 0 Å². The summed E-state index contributed by atoms with van der Waals surface area (Å²) in [5, 5.41) is 0. The average molecular weight is 225 g/mol. The third-order valence-electron chi connectivity index (χ3n) is 0. The van der Waals surface area contributed by atoms with Gasteiger partial charge >= 0.3 is 0 Å². The number of hydrogen-bond acceptors (Lipinski definition) is 2. The van der Waals surface area contributed by atoms with E-state index in [0.29, 0.717) is 0 Å². The Labute approximate surface area is 68.2 Å². The fourth-order valence-corrected chi connectivity index (χ4v) is 0. The molecule has 54 valence electrons. The molecular weight excluding hydrogens is 215 g/mol. The van der Waals surface area contributed by atoms with E-state index in [0.717, 1.165) is 0 Å².